The molecule has 0 spiro atoms. The van der Waals surface area contributed by atoms with Gasteiger partial charge in [0.25, 0.3) is 0 Å². The highest BCUT2D eigenvalue weighted by Crippen LogP contribution is 2.18. The Balaban J connectivity index is 1.91. The van der Waals surface area contributed by atoms with Crippen LogP contribution in [0.4, 0.5) is 0 Å². The lowest BCUT2D eigenvalue weighted by Gasteiger charge is -2.20. The molecular weight excluding hydrogens is 380 g/mol. The van der Waals surface area contributed by atoms with Crippen LogP contribution in [-0.4, -0.2) is 58.0 Å². The van der Waals surface area contributed by atoms with Gasteiger partial charge < -0.3 is 26.5 Å². The van der Waals surface area contributed by atoms with Gasteiger partial charge in [-0.05, 0) is 43.4 Å². The summed E-state index contributed by atoms with van der Waals surface area (Å²) in [7, 11) is 0. The van der Waals surface area contributed by atoms with Gasteiger partial charge in [-0.15, -0.1) is 0 Å². The smallest absolute Gasteiger partial charge is 0.326 e. The van der Waals surface area contributed by atoms with Crippen molar-refractivity contribution >= 4 is 40.4 Å². The van der Waals surface area contributed by atoms with Crippen LogP contribution >= 0.6 is 11.8 Å². The zero-order chi connectivity index (χ0) is 20.7. The summed E-state index contributed by atoms with van der Waals surface area (Å²) in [5.74, 6) is -1.52. The Bertz CT molecular complexity index is 838. The number of nitrogens with one attached hydrogen (secondary N) is 3. The Morgan fingerprint density at radius 3 is 2.61 bits per heavy atom. The van der Waals surface area contributed by atoms with E-state index in [2.05, 4.69) is 15.6 Å². The van der Waals surface area contributed by atoms with E-state index in [1.54, 1.807) is 0 Å². The minimum atomic E-state index is -1.10. The Morgan fingerprint density at radius 2 is 1.93 bits per heavy atom. The summed E-state index contributed by atoms with van der Waals surface area (Å²) in [5, 5.41) is 15.2. The third kappa shape index (κ3) is 5.74. The monoisotopic (exact) mass is 406 g/mol. The molecule has 0 bridgehead atoms. The molecule has 1 aromatic heterocycles. The van der Waals surface area contributed by atoms with Crippen molar-refractivity contribution in [3.05, 3.63) is 36.0 Å². The number of nitrogens with two attached hydrogens (primary N) is 1. The number of fused-ring (bicyclic) bond motifs is 1. The van der Waals surface area contributed by atoms with Crippen molar-refractivity contribution in [1.82, 2.24) is 15.6 Å². The number of carbonyl (C=O) groups excluding carboxylic acids is 2. The summed E-state index contributed by atoms with van der Waals surface area (Å²) >= 11 is 1.50. The first-order chi connectivity index (χ1) is 13.3. The normalized spacial score (nSPS) is 14.2. The van der Waals surface area contributed by atoms with E-state index >= 15 is 0 Å². The summed E-state index contributed by atoms with van der Waals surface area (Å²) in [6.45, 7) is 1.50. The number of amides is 2. The van der Waals surface area contributed by atoms with Gasteiger partial charge in [0.2, 0.25) is 11.8 Å². The van der Waals surface area contributed by atoms with Gasteiger partial charge in [-0.1, -0.05) is 18.2 Å². The number of H-pyrrole nitrogens is 1. The lowest BCUT2D eigenvalue weighted by atomic mass is 10.0. The Morgan fingerprint density at radius 1 is 1.21 bits per heavy atom. The van der Waals surface area contributed by atoms with Crippen LogP contribution in [0.15, 0.2) is 30.5 Å². The first kappa shape index (κ1) is 21.8. The number of hydrogen-bond donors (Lipinski definition) is 5. The van der Waals surface area contributed by atoms with E-state index in [0.717, 1.165) is 16.5 Å². The van der Waals surface area contributed by atoms with E-state index in [4.69, 9.17) is 5.73 Å². The summed E-state index contributed by atoms with van der Waals surface area (Å²) in [6.07, 6.45) is 4.30. The van der Waals surface area contributed by atoms with Crippen LogP contribution < -0.4 is 16.4 Å². The zero-order valence-corrected chi connectivity index (χ0v) is 16.7. The van der Waals surface area contributed by atoms with E-state index in [0.29, 0.717) is 18.6 Å². The molecule has 152 valence electrons. The van der Waals surface area contributed by atoms with Crippen molar-refractivity contribution in [1.29, 1.82) is 0 Å². The average molecular weight is 407 g/mol. The molecule has 2 rings (SSSR count). The number of carboxylic acid groups (broad SMARTS) is 1. The van der Waals surface area contributed by atoms with Gasteiger partial charge in [0, 0.05) is 17.1 Å². The molecular formula is C19H26N4O4S. The molecule has 0 fully saturated rings. The first-order valence-corrected chi connectivity index (χ1v) is 10.4. The van der Waals surface area contributed by atoms with E-state index in [-0.39, 0.29) is 0 Å². The molecule has 3 unspecified atom stereocenters. The van der Waals surface area contributed by atoms with Crippen molar-refractivity contribution in [2.75, 3.05) is 12.0 Å². The van der Waals surface area contributed by atoms with Gasteiger partial charge in [0.15, 0.2) is 0 Å². The van der Waals surface area contributed by atoms with Gasteiger partial charge in [0.05, 0.1) is 6.04 Å². The van der Waals surface area contributed by atoms with Crippen LogP contribution in [0.5, 0.6) is 0 Å². The molecule has 0 aliphatic carbocycles. The summed E-state index contributed by atoms with van der Waals surface area (Å²) in [6, 6.07) is 5.00. The van der Waals surface area contributed by atoms with Gasteiger partial charge in [-0.3, -0.25) is 9.59 Å². The van der Waals surface area contributed by atoms with Crippen LogP contribution in [0.1, 0.15) is 18.9 Å². The number of aromatic nitrogens is 1. The number of hydrogen-bond acceptors (Lipinski definition) is 5. The average Bonchev–Trinajstić information content (AvgIpc) is 3.07. The molecule has 9 heteroatoms. The van der Waals surface area contributed by atoms with Crippen molar-refractivity contribution < 1.29 is 19.5 Å². The number of aliphatic carboxylic acids is 1. The number of thioether (sulfide) groups is 1. The second-order valence-electron chi connectivity index (χ2n) is 6.58. The number of carbonyl (C=O) groups is 3. The molecule has 1 heterocycles. The maximum atomic E-state index is 12.4. The van der Waals surface area contributed by atoms with Gasteiger partial charge in [-0.2, -0.15) is 11.8 Å². The fourth-order valence-electron chi connectivity index (χ4n) is 2.81. The number of para-hydroxylation sites is 1. The molecule has 8 nitrogen and oxygen atoms in total. The van der Waals surface area contributed by atoms with Crippen molar-refractivity contribution in [2.45, 2.75) is 37.9 Å². The van der Waals surface area contributed by atoms with Crippen LogP contribution in [0.3, 0.4) is 0 Å². The molecule has 0 radical (unpaired) electrons. The number of carboxylic acids is 1. The fourth-order valence-corrected chi connectivity index (χ4v) is 3.28. The maximum Gasteiger partial charge on any atom is 0.326 e. The van der Waals surface area contributed by atoms with Crippen molar-refractivity contribution in [3.8, 4) is 0 Å². The summed E-state index contributed by atoms with van der Waals surface area (Å²) in [4.78, 5) is 39.0. The molecule has 3 atom stereocenters. The van der Waals surface area contributed by atoms with Crippen LogP contribution in [0.2, 0.25) is 0 Å². The molecule has 2 amide bonds. The zero-order valence-electron chi connectivity index (χ0n) is 15.9. The van der Waals surface area contributed by atoms with Crippen molar-refractivity contribution in [2.24, 2.45) is 5.73 Å². The van der Waals surface area contributed by atoms with E-state index < -0.39 is 35.9 Å². The minimum absolute atomic E-state index is 0.309. The predicted molar refractivity (Wildman–Crippen MR) is 110 cm³/mol. The Kier molecular flexibility index (Phi) is 7.89. The van der Waals surface area contributed by atoms with E-state index in [9.17, 15) is 19.5 Å². The topological polar surface area (TPSA) is 137 Å². The summed E-state index contributed by atoms with van der Waals surface area (Å²) in [5.41, 5.74) is 7.88. The minimum Gasteiger partial charge on any atom is -0.480 e. The molecule has 0 saturated heterocycles. The largest absolute Gasteiger partial charge is 0.480 e. The summed E-state index contributed by atoms with van der Waals surface area (Å²) < 4.78 is 0. The van der Waals surface area contributed by atoms with Crippen LogP contribution in [0.25, 0.3) is 10.9 Å². The Hall–Kier alpha value is -2.52. The number of benzene rings is 1. The third-order valence-electron chi connectivity index (χ3n) is 4.43. The number of rotatable bonds is 10. The van der Waals surface area contributed by atoms with Gasteiger partial charge >= 0.3 is 5.97 Å². The lowest BCUT2D eigenvalue weighted by Crippen LogP contribution is -2.53. The maximum absolute atomic E-state index is 12.4. The predicted octanol–water partition coefficient (Wildman–Crippen LogP) is 0.865. The molecule has 0 aliphatic rings. The Labute approximate surface area is 167 Å². The standard InChI is InChI=1S/C19H26N4O4S/c1-11(17(24)23-16(19(26)27)7-8-28-2)22-18(25)14(20)9-12-10-21-15-6-4-3-5-13(12)15/h3-6,10-11,14,16,21H,7-9,20H2,1-2H3,(H,22,25)(H,23,24)(H,26,27). The highest BCUT2D eigenvalue weighted by molar-refractivity contribution is 7.98. The van der Waals surface area contributed by atoms with E-state index in [1.807, 2.05) is 36.7 Å². The SMILES string of the molecule is CSCCC(NC(=O)C(C)NC(=O)C(N)Cc1c[nH]c2ccccc12)C(=O)O. The quantitative estimate of drug-likeness (QED) is 0.397. The highest BCUT2D eigenvalue weighted by Gasteiger charge is 2.25. The van der Waals surface area contributed by atoms with Crippen molar-refractivity contribution in [3.63, 3.8) is 0 Å². The molecule has 2 aromatic rings. The lowest BCUT2D eigenvalue weighted by molar-refractivity contribution is -0.142. The molecule has 0 saturated carbocycles. The third-order valence-corrected chi connectivity index (χ3v) is 5.07. The number of aromatic amines is 1. The fraction of sp³-hybridized carbons (Fsp3) is 0.421. The van der Waals surface area contributed by atoms with Gasteiger partial charge in [-0.25, -0.2) is 4.79 Å². The van der Waals surface area contributed by atoms with Crippen LogP contribution in [0, 0.1) is 0 Å². The van der Waals surface area contributed by atoms with Gasteiger partial charge in [0.1, 0.15) is 12.1 Å². The molecule has 1 aromatic carbocycles. The van der Waals surface area contributed by atoms with E-state index in [1.165, 1.54) is 18.7 Å². The first-order valence-electron chi connectivity index (χ1n) is 8.96. The molecule has 28 heavy (non-hydrogen) atoms. The second-order valence-corrected chi connectivity index (χ2v) is 7.57. The molecule has 0 aliphatic heterocycles. The second kappa shape index (κ2) is 10.1. The van der Waals surface area contributed by atoms with Crippen LogP contribution in [-0.2, 0) is 20.8 Å². The highest BCUT2D eigenvalue weighted by atomic mass is 32.2. The molecule has 6 N–H and O–H groups in total.